The number of carbonyl (C=O) groups is 1. The molecule has 2 aromatic heterocycles. The fraction of sp³-hybridized carbons (Fsp3) is 0.222. The summed E-state index contributed by atoms with van der Waals surface area (Å²) in [4.78, 5) is 20.9. The Morgan fingerprint density at radius 3 is 2.58 bits per heavy atom. The van der Waals surface area contributed by atoms with Gasteiger partial charge in [-0.05, 0) is 37.6 Å². The van der Waals surface area contributed by atoms with Crippen molar-refractivity contribution in [2.45, 2.75) is 20.4 Å². The summed E-state index contributed by atoms with van der Waals surface area (Å²) in [6.45, 7) is 4.08. The molecular weight excluding hydrogens is 334 g/mol. The number of methoxy groups -OCH3 is 1. The van der Waals surface area contributed by atoms with E-state index in [1.165, 1.54) is 0 Å². The Morgan fingerprint density at radius 1 is 1.15 bits per heavy atom. The van der Waals surface area contributed by atoms with Crippen molar-refractivity contribution in [1.29, 1.82) is 0 Å². The maximum Gasteiger partial charge on any atom is 0.275 e. The lowest BCUT2D eigenvalue weighted by atomic mass is 10.2. The molecule has 0 unspecified atom stereocenters. The van der Waals surface area contributed by atoms with Crippen LogP contribution in [0.15, 0.2) is 40.9 Å². The number of nitrogens with one attached hydrogen (secondary N) is 2. The van der Waals surface area contributed by atoms with Crippen molar-refractivity contribution in [2.24, 2.45) is 0 Å². The molecule has 0 fully saturated rings. The van der Waals surface area contributed by atoms with Crippen molar-refractivity contribution in [3.8, 4) is 5.75 Å². The van der Waals surface area contributed by atoms with Crippen LogP contribution in [-0.2, 0) is 6.54 Å². The van der Waals surface area contributed by atoms with Crippen molar-refractivity contribution >= 4 is 17.7 Å². The van der Waals surface area contributed by atoms with Gasteiger partial charge >= 0.3 is 0 Å². The summed E-state index contributed by atoms with van der Waals surface area (Å²) in [5.74, 6) is 1.75. The number of aryl methyl sites for hydroxylation is 2. The zero-order valence-corrected chi connectivity index (χ0v) is 14.7. The van der Waals surface area contributed by atoms with Crippen LogP contribution in [-0.4, -0.2) is 28.1 Å². The van der Waals surface area contributed by atoms with Crippen molar-refractivity contribution in [3.05, 3.63) is 59.1 Å². The number of nitrogens with zero attached hydrogens (tertiary/aromatic N) is 3. The van der Waals surface area contributed by atoms with Crippen molar-refractivity contribution in [1.82, 2.24) is 15.1 Å². The van der Waals surface area contributed by atoms with Crippen molar-refractivity contribution < 1.29 is 14.1 Å². The minimum atomic E-state index is -0.378. The van der Waals surface area contributed by atoms with E-state index in [0.717, 1.165) is 11.3 Å². The van der Waals surface area contributed by atoms with Crippen LogP contribution >= 0.6 is 0 Å². The third kappa shape index (κ3) is 4.35. The molecule has 8 heteroatoms. The number of hydrogen-bond donors (Lipinski definition) is 2. The highest BCUT2D eigenvalue weighted by Gasteiger charge is 2.13. The molecule has 1 amide bonds. The van der Waals surface area contributed by atoms with Gasteiger partial charge in [0.1, 0.15) is 17.2 Å². The third-order valence-corrected chi connectivity index (χ3v) is 3.57. The predicted molar refractivity (Wildman–Crippen MR) is 96.3 cm³/mol. The Bertz CT molecular complexity index is 905. The minimum absolute atomic E-state index is 0.246. The Morgan fingerprint density at radius 2 is 1.92 bits per heavy atom. The quantitative estimate of drug-likeness (QED) is 0.702. The minimum Gasteiger partial charge on any atom is -0.497 e. The highest BCUT2D eigenvalue weighted by atomic mass is 16.5. The molecule has 0 atom stereocenters. The molecule has 2 heterocycles. The van der Waals surface area contributed by atoms with Gasteiger partial charge in [0.15, 0.2) is 5.82 Å². The molecular formula is C18H19N5O3. The van der Waals surface area contributed by atoms with E-state index in [9.17, 15) is 4.79 Å². The molecule has 0 radical (unpaired) electrons. The second kappa shape index (κ2) is 7.64. The van der Waals surface area contributed by atoms with Crippen molar-refractivity contribution in [2.75, 3.05) is 17.7 Å². The molecule has 3 aromatic rings. The normalized spacial score (nSPS) is 10.4. The van der Waals surface area contributed by atoms with Gasteiger partial charge in [0, 0.05) is 18.3 Å². The number of hydrogen-bond acceptors (Lipinski definition) is 7. The van der Waals surface area contributed by atoms with E-state index >= 15 is 0 Å². The van der Waals surface area contributed by atoms with Gasteiger partial charge in [0.2, 0.25) is 5.95 Å². The average Bonchev–Trinajstić information content (AvgIpc) is 3.04. The molecule has 134 valence electrons. The molecule has 3 rings (SSSR count). The van der Waals surface area contributed by atoms with Gasteiger partial charge in [-0.15, -0.1) is 0 Å². The standard InChI is InChI=1S/C18H19N5O3/c1-11-8-15(17(24)22-16-9-12(2)26-23-16)21-18(20-11)19-10-13-4-6-14(25-3)7-5-13/h4-9H,10H2,1-3H3,(H,19,20,21)(H,22,23,24). The number of aromatic nitrogens is 3. The fourth-order valence-corrected chi connectivity index (χ4v) is 2.29. The van der Waals surface area contributed by atoms with E-state index in [2.05, 4.69) is 25.8 Å². The second-order valence-electron chi connectivity index (χ2n) is 5.70. The number of carbonyl (C=O) groups excluding carboxylic acids is 1. The molecule has 0 spiro atoms. The Labute approximate surface area is 150 Å². The van der Waals surface area contributed by atoms with E-state index in [1.54, 1.807) is 33.1 Å². The smallest absolute Gasteiger partial charge is 0.275 e. The van der Waals surface area contributed by atoms with Crippen LogP contribution < -0.4 is 15.4 Å². The first-order chi connectivity index (χ1) is 12.5. The van der Waals surface area contributed by atoms with Gasteiger partial charge in [-0.1, -0.05) is 17.3 Å². The monoisotopic (exact) mass is 353 g/mol. The second-order valence-corrected chi connectivity index (χ2v) is 5.70. The highest BCUT2D eigenvalue weighted by molar-refractivity contribution is 6.02. The van der Waals surface area contributed by atoms with E-state index < -0.39 is 0 Å². The summed E-state index contributed by atoms with van der Waals surface area (Å²) in [6.07, 6.45) is 0. The summed E-state index contributed by atoms with van der Waals surface area (Å²) >= 11 is 0. The van der Waals surface area contributed by atoms with E-state index in [1.807, 2.05) is 24.3 Å². The molecule has 26 heavy (non-hydrogen) atoms. The van der Waals surface area contributed by atoms with Crippen LogP contribution in [0.5, 0.6) is 5.75 Å². The van der Waals surface area contributed by atoms with Gasteiger partial charge in [-0.25, -0.2) is 9.97 Å². The van der Waals surface area contributed by atoms with Crippen LogP contribution in [0.1, 0.15) is 27.5 Å². The lowest BCUT2D eigenvalue weighted by Gasteiger charge is -2.08. The maximum absolute atomic E-state index is 12.3. The molecule has 0 aliphatic heterocycles. The van der Waals surface area contributed by atoms with Gasteiger partial charge in [-0.2, -0.15) is 0 Å². The average molecular weight is 353 g/mol. The summed E-state index contributed by atoms with van der Waals surface area (Å²) in [7, 11) is 1.63. The number of ether oxygens (including phenoxy) is 1. The summed E-state index contributed by atoms with van der Waals surface area (Å²) in [6, 6.07) is 10.9. The predicted octanol–water partition coefficient (Wildman–Crippen LogP) is 2.95. The van der Waals surface area contributed by atoms with Gasteiger partial charge in [0.25, 0.3) is 5.91 Å². The Balaban J connectivity index is 1.69. The van der Waals surface area contributed by atoms with Gasteiger partial charge < -0.3 is 19.9 Å². The van der Waals surface area contributed by atoms with Crippen LogP contribution in [0.3, 0.4) is 0 Å². The molecule has 0 aliphatic carbocycles. The lowest BCUT2D eigenvalue weighted by Crippen LogP contribution is -2.16. The molecule has 1 aromatic carbocycles. The zero-order valence-electron chi connectivity index (χ0n) is 14.7. The van der Waals surface area contributed by atoms with Gasteiger partial charge in [0.05, 0.1) is 7.11 Å². The number of benzene rings is 1. The number of rotatable bonds is 6. The largest absolute Gasteiger partial charge is 0.497 e. The van der Waals surface area contributed by atoms with Crippen LogP contribution in [0.25, 0.3) is 0 Å². The van der Waals surface area contributed by atoms with Crippen molar-refractivity contribution in [3.63, 3.8) is 0 Å². The summed E-state index contributed by atoms with van der Waals surface area (Å²) in [5.41, 5.74) is 1.97. The highest BCUT2D eigenvalue weighted by Crippen LogP contribution is 2.14. The zero-order chi connectivity index (χ0) is 18.5. The Hall–Kier alpha value is -3.42. The van der Waals surface area contributed by atoms with Gasteiger partial charge in [-0.3, -0.25) is 4.79 Å². The maximum atomic E-state index is 12.3. The van der Waals surface area contributed by atoms with E-state index in [-0.39, 0.29) is 11.6 Å². The number of amides is 1. The topological polar surface area (TPSA) is 102 Å². The van der Waals surface area contributed by atoms with Crippen LogP contribution in [0.4, 0.5) is 11.8 Å². The Kier molecular flexibility index (Phi) is 5.12. The molecule has 2 N–H and O–H groups in total. The first kappa shape index (κ1) is 17.4. The van der Waals surface area contributed by atoms with E-state index in [0.29, 0.717) is 29.8 Å². The molecule has 8 nitrogen and oxygen atoms in total. The van der Waals surface area contributed by atoms with Crippen LogP contribution in [0.2, 0.25) is 0 Å². The van der Waals surface area contributed by atoms with E-state index in [4.69, 9.17) is 9.26 Å². The molecule has 0 saturated heterocycles. The first-order valence-electron chi connectivity index (χ1n) is 8.00. The lowest BCUT2D eigenvalue weighted by molar-refractivity contribution is 0.102. The first-order valence-corrected chi connectivity index (χ1v) is 8.00. The third-order valence-electron chi connectivity index (χ3n) is 3.57. The number of anilines is 2. The molecule has 0 bridgehead atoms. The fourth-order valence-electron chi connectivity index (χ4n) is 2.29. The van der Waals surface area contributed by atoms with Crippen LogP contribution in [0, 0.1) is 13.8 Å². The SMILES string of the molecule is COc1ccc(CNc2nc(C)cc(C(=O)Nc3cc(C)on3)n2)cc1. The summed E-state index contributed by atoms with van der Waals surface area (Å²) in [5, 5.41) is 9.51. The summed E-state index contributed by atoms with van der Waals surface area (Å²) < 4.78 is 10.1. The molecule has 0 aliphatic rings. The molecule has 0 saturated carbocycles.